The summed E-state index contributed by atoms with van der Waals surface area (Å²) in [5.41, 5.74) is -0.398. The van der Waals surface area contributed by atoms with Crippen molar-refractivity contribution in [3.05, 3.63) is 50.9 Å². The molecule has 0 saturated heterocycles. The molecule has 0 aliphatic heterocycles. The first-order valence-corrected chi connectivity index (χ1v) is 6.12. The molecular formula is C12H7F2NO4S. The maximum absolute atomic E-state index is 13.0. The summed E-state index contributed by atoms with van der Waals surface area (Å²) in [7, 11) is 0. The first-order valence-electron chi connectivity index (χ1n) is 5.30. The van der Waals surface area contributed by atoms with Crippen molar-refractivity contribution < 1.29 is 23.2 Å². The molecule has 0 bridgehead atoms. The zero-order valence-corrected chi connectivity index (χ0v) is 10.9. The standard InChI is InChI=1S/C12H7F2NO4S/c1-6(16)11-5-10(15(17)18)12(20-11)19-7-2-3-8(13)9(14)4-7/h2-5H,1H3. The van der Waals surface area contributed by atoms with Crippen LogP contribution >= 0.6 is 11.3 Å². The molecule has 1 heterocycles. The lowest BCUT2D eigenvalue weighted by molar-refractivity contribution is -0.385. The van der Waals surface area contributed by atoms with Crippen LogP contribution in [0.2, 0.25) is 0 Å². The second kappa shape index (κ2) is 5.33. The first-order chi connectivity index (χ1) is 9.38. The highest BCUT2D eigenvalue weighted by Crippen LogP contribution is 2.40. The Bertz CT molecular complexity index is 699. The minimum Gasteiger partial charge on any atom is -0.440 e. The maximum Gasteiger partial charge on any atom is 0.323 e. The topological polar surface area (TPSA) is 69.4 Å². The molecule has 0 aliphatic carbocycles. The van der Waals surface area contributed by atoms with Crippen molar-refractivity contribution in [3.63, 3.8) is 0 Å². The van der Waals surface area contributed by atoms with Crippen molar-refractivity contribution >= 4 is 22.8 Å². The molecule has 5 nitrogen and oxygen atoms in total. The molecule has 0 amide bonds. The third-order valence-corrected chi connectivity index (χ3v) is 3.43. The predicted octanol–water partition coefficient (Wildman–Crippen LogP) is 3.93. The van der Waals surface area contributed by atoms with Gasteiger partial charge >= 0.3 is 5.69 Å². The number of thiophene rings is 1. The van der Waals surface area contributed by atoms with Crippen molar-refractivity contribution in [2.45, 2.75) is 6.92 Å². The minimum absolute atomic E-state index is 0.0936. The van der Waals surface area contributed by atoms with Gasteiger partial charge in [-0.1, -0.05) is 11.3 Å². The van der Waals surface area contributed by atoms with Crippen LogP contribution in [0.15, 0.2) is 24.3 Å². The number of carbonyl (C=O) groups excluding carboxylic acids is 1. The first kappa shape index (κ1) is 14.1. The summed E-state index contributed by atoms with van der Waals surface area (Å²) < 4.78 is 31.0. The largest absolute Gasteiger partial charge is 0.440 e. The van der Waals surface area contributed by atoms with Crippen molar-refractivity contribution in [2.75, 3.05) is 0 Å². The molecule has 8 heteroatoms. The molecular weight excluding hydrogens is 292 g/mol. The Morgan fingerprint density at radius 3 is 2.55 bits per heavy atom. The van der Waals surface area contributed by atoms with Gasteiger partial charge in [0, 0.05) is 12.1 Å². The molecule has 0 N–H and O–H groups in total. The highest BCUT2D eigenvalue weighted by molar-refractivity contribution is 7.16. The Morgan fingerprint density at radius 1 is 1.30 bits per heavy atom. The van der Waals surface area contributed by atoms with Crippen molar-refractivity contribution in [1.29, 1.82) is 0 Å². The van der Waals surface area contributed by atoms with E-state index in [1.807, 2.05) is 0 Å². The molecule has 0 fully saturated rings. The van der Waals surface area contributed by atoms with Gasteiger partial charge in [0.15, 0.2) is 17.4 Å². The van der Waals surface area contributed by atoms with Crippen LogP contribution in [-0.2, 0) is 0 Å². The monoisotopic (exact) mass is 299 g/mol. The van der Waals surface area contributed by atoms with Gasteiger partial charge in [0.05, 0.1) is 9.80 Å². The summed E-state index contributed by atoms with van der Waals surface area (Å²) in [5.74, 6) is -2.63. The summed E-state index contributed by atoms with van der Waals surface area (Å²) in [6, 6.07) is 3.83. The third kappa shape index (κ3) is 2.80. The lowest BCUT2D eigenvalue weighted by atomic mass is 10.3. The van der Waals surface area contributed by atoms with Gasteiger partial charge in [0.25, 0.3) is 5.06 Å². The number of ketones is 1. The number of benzene rings is 1. The average molecular weight is 299 g/mol. The molecule has 0 spiro atoms. The van der Waals surface area contributed by atoms with Crippen LogP contribution < -0.4 is 4.74 Å². The molecule has 0 unspecified atom stereocenters. The molecule has 1 aromatic heterocycles. The molecule has 2 rings (SSSR count). The number of Topliss-reactive ketones (excluding diaryl/α,β-unsaturated/α-hetero) is 1. The zero-order valence-electron chi connectivity index (χ0n) is 10.1. The van der Waals surface area contributed by atoms with E-state index in [9.17, 15) is 23.7 Å². The average Bonchev–Trinajstić information content (AvgIpc) is 2.78. The lowest BCUT2D eigenvalue weighted by Crippen LogP contribution is -1.91. The zero-order chi connectivity index (χ0) is 14.9. The van der Waals surface area contributed by atoms with Crippen LogP contribution in [0.3, 0.4) is 0 Å². The number of nitro groups is 1. The molecule has 0 aliphatic rings. The molecule has 1 aromatic carbocycles. The van der Waals surface area contributed by atoms with E-state index in [2.05, 4.69) is 0 Å². The number of ether oxygens (including phenoxy) is 1. The summed E-state index contributed by atoms with van der Waals surface area (Å²) in [6.07, 6.45) is 0. The van der Waals surface area contributed by atoms with Gasteiger partial charge in [-0.05, 0) is 19.1 Å². The van der Waals surface area contributed by atoms with Crippen LogP contribution in [0.1, 0.15) is 16.6 Å². The number of hydrogen-bond donors (Lipinski definition) is 0. The second-order valence-electron chi connectivity index (χ2n) is 3.77. The van der Waals surface area contributed by atoms with E-state index < -0.39 is 22.2 Å². The smallest absolute Gasteiger partial charge is 0.323 e. The van der Waals surface area contributed by atoms with E-state index in [4.69, 9.17) is 4.74 Å². The number of rotatable bonds is 4. The van der Waals surface area contributed by atoms with Gasteiger partial charge in [0.1, 0.15) is 5.75 Å². The van der Waals surface area contributed by atoms with E-state index in [0.29, 0.717) is 0 Å². The summed E-state index contributed by atoms with van der Waals surface area (Å²) in [6.45, 7) is 1.26. The van der Waals surface area contributed by atoms with E-state index in [0.717, 1.165) is 35.6 Å². The molecule has 2 aromatic rings. The van der Waals surface area contributed by atoms with Gasteiger partial charge in [-0.2, -0.15) is 0 Å². The van der Waals surface area contributed by atoms with Gasteiger partial charge in [-0.3, -0.25) is 14.9 Å². The molecule has 0 radical (unpaired) electrons. The fraction of sp³-hybridized carbons (Fsp3) is 0.0833. The Kier molecular flexibility index (Phi) is 3.75. The van der Waals surface area contributed by atoms with Crippen molar-refractivity contribution in [1.82, 2.24) is 0 Å². The highest BCUT2D eigenvalue weighted by Gasteiger charge is 2.23. The summed E-state index contributed by atoms with van der Waals surface area (Å²) in [4.78, 5) is 21.5. The molecule has 104 valence electrons. The van der Waals surface area contributed by atoms with Crippen LogP contribution in [0.5, 0.6) is 10.8 Å². The SMILES string of the molecule is CC(=O)c1cc([N+](=O)[O-])c(Oc2ccc(F)c(F)c2)s1. The van der Waals surface area contributed by atoms with E-state index in [1.165, 1.54) is 6.92 Å². The molecule has 0 saturated carbocycles. The van der Waals surface area contributed by atoms with Crippen LogP contribution in [0.4, 0.5) is 14.5 Å². The Labute approximate surface area is 115 Å². The van der Waals surface area contributed by atoms with E-state index >= 15 is 0 Å². The fourth-order valence-electron chi connectivity index (χ4n) is 1.39. The van der Waals surface area contributed by atoms with Crippen molar-refractivity contribution in [2.24, 2.45) is 0 Å². The van der Waals surface area contributed by atoms with Gasteiger partial charge in [0.2, 0.25) is 0 Å². The summed E-state index contributed by atoms with van der Waals surface area (Å²) in [5, 5.41) is 10.7. The van der Waals surface area contributed by atoms with Crippen LogP contribution in [-0.4, -0.2) is 10.7 Å². The van der Waals surface area contributed by atoms with Crippen molar-refractivity contribution in [3.8, 4) is 10.8 Å². The van der Waals surface area contributed by atoms with Gasteiger partial charge < -0.3 is 4.74 Å². The molecule has 0 atom stereocenters. The quantitative estimate of drug-likeness (QED) is 0.487. The maximum atomic E-state index is 13.0. The normalized spacial score (nSPS) is 10.3. The van der Waals surface area contributed by atoms with Gasteiger partial charge in [-0.25, -0.2) is 8.78 Å². The summed E-state index contributed by atoms with van der Waals surface area (Å²) >= 11 is 0.771. The molecule has 20 heavy (non-hydrogen) atoms. The fourth-order valence-corrected chi connectivity index (χ4v) is 2.28. The predicted molar refractivity (Wildman–Crippen MR) is 67.4 cm³/mol. The third-order valence-electron chi connectivity index (χ3n) is 2.32. The minimum atomic E-state index is -1.13. The number of nitrogens with zero attached hydrogens (tertiary/aromatic N) is 1. The van der Waals surface area contributed by atoms with Crippen LogP contribution in [0, 0.1) is 21.7 Å². The highest BCUT2D eigenvalue weighted by atomic mass is 32.1. The second-order valence-corrected chi connectivity index (χ2v) is 4.79. The Hall–Kier alpha value is -2.35. The van der Waals surface area contributed by atoms with Crippen LogP contribution in [0.25, 0.3) is 0 Å². The number of hydrogen-bond acceptors (Lipinski definition) is 5. The van der Waals surface area contributed by atoms with Gasteiger partial charge in [-0.15, -0.1) is 0 Å². The number of carbonyl (C=O) groups is 1. The van der Waals surface area contributed by atoms with E-state index in [1.54, 1.807) is 0 Å². The Morgan fingerprint density at radius 2 is 2.00 bits per heavy atom. The Balaban J connectivity index is 2.39. The lowest BCUT2D eigenvalue weighted by Gasteiger charge is -2.02. The van der Waals surface area contributed by atoms with E-state index in [-0.39, 0.29) is 21.5 Å². The number of halogens is 2.